The first-order valence-corrected chi connectivity index (χ1v) is 11.5. The standard InChI is InChI=1S/C19H22Cl2N2S.C4H4O4/c1-14(23-11-9-22(2)10-12-23)18-13-16(21)5-8-19(18)24-17-6-3-15(20)4-7-17;5-3(6)1-2-4(7)8/h3-8,13-14H,9-12H2,1-2H3;1-2H,(H,5,6)(H,7,8)/b;2-1-. The molecule has 0 amide bonds. The van der Waals surface area contributed by atoms with E-state index in [9.17, 15) is 9.59 Å². The molecule has 0 saturated carbocycles. The number of nitrogens with zero attached hydrogens (tertiary/aromatic N) is 2. The Morgan fingerprint density at radius 2 is 1.47 bits per heavy atom. The molecule has 1 heterocycles. The van der Waals surface area contributed by atoms with E-state index in [4.69, 9.17) is 33.4 Å². The molecule has 1 fully saturated rings. The molecule has 1 aliphatic heterocycles. The van der Waals surface area contributed by atoms with Crippen molar-refractivity contribution in [3.63, 3.8) is 0 Å². The third kappa shape index (κ3) is 8.84. The predicted octanol–water partition coefficient (Wildman–Crippen LogP) is 5.16. The topological polar surface area (TPSA) is 81.1 Å². The van der Waals surface area contributed by atoms with E-state index in [1.807, 2.05) is 18.2 Å². The van der Waals surface area contributed by atoms with Crippen LogP contribution in [0.25, 0.3) is 0 Å². The highest BCUT2D eigenvalue weighted by molar-refractivity contribution is 7.99. The minimum absolute atomic E-state index is 0.354. The number of hydrogen-bond donors (Lipinski definition) is 2. The number of halogens is 2. The molecule has 6 nitrogen and oxygen atoms in total. The minimum atomic E-state index is -1.26. The summed E-state index contributed by atoms with van der Waals surface area (Å²) in [4.78, 5) is 26.5. The fourth-order valence-electron chi connectivity index (χ4n) is 3.12. The van der Waals surface area contributed by atoms with Crippen molar-refractivity contribution in [3.05, 3.63) is 70.2 Å². The maximum Gasteiger partial charge on any atom is 0.328 e. The molecular formula is C23H26Cl2N2O4S. The summed E-state index contributed by atoms with van der Waals surface area (Å²) < 4.78 is 0. The average Bonchev–Trinajstić information content (AvgIpc) is 2.75. The van der Waals surface area contributed by atoms with Crippen LogP contribution >= 0.6 is 35.0 Å². The van der Waals surface area contributed by atoms with Crippen LogP contribution in [0.1, 0.15) is 18.5 Å². The molecule has 9 heteroatoms. The van der Waals surface area contributed by atoms with Gasteiger partial charge < -0.3 is 15.1 Å². The Morgan fingerprint density at radius 3 is 2.00 bits per heavy atom. The van der Waals surface area contributed by atoms with Gasteiger partial charge >= 0.3 is 11.9 Å². The third-order valence-corrected chi connectivity index (χ3v) is 6.50. The molecule has 3 rings (SSSR count). The lowest BCUT2D eigenvalue weighted by atomic mass is 10.1. The van der Waals surface area contributed by atoms with Gasteiger partial charge in [0.1, 0.15) is 0 Å². The number of aliphatic carboxylic acids is 2. The van der Waals surface area contributed by atoms with Crippen LogP contribution in [0.3, 0.4) is 0 Å². The first-order chi connectivity index (χ1) is 15.2. The molecule has 0 radical (unpaired) electrons. The quantitative estimate of drug-likeness (QED) is 0.534. The predicted molar refractivity (Wildman–Crippen MR) is 129 cm³/mol. The molecule has 32 heavy (non-hydrogen) atoms. The molecule has 2 N–H and O–H groups in total. The molecule has 0 aliphatic carbocycles. The molecule has 1 aliphatic rings. The van der Waals surface area contributed by atoms with Crippen LogP contribution in [0.5, 0.6) is 0 Å². The Hall–Kier alpha value is -2.03. The maximum absolute atomic E-state index is 9.55. The zero-order chi connectivity index (χ0) is 23.7. The summed E-state index contributed by atoms with van der Waals surface area (Å²) in [5, 5.41) is 17.2. The lowest BCUT2D eigenvalue weighted by molar-refractivity contribution is -0.134. The number of carbonyl (C=O) groups is 2. The smallest absolute Gasteiger partial charge is 0.328 e. The number of piperazine rings is 1. The monoisotopic (exact) mass is 496 g/mol. The summed E-state index contributed by atoms with van der Waals surface area (Å²) in [5.41, 5.74) is 1.30. The highest BCUT2D eigenvalue weighted by Gasteiger charge is 2.22. The fourth-order valence-corrected chi connectivity index (χ4v) is 4.43. The van der Waals surface area contributed by atoms with E-state index in [0.29, 0.717) is 18.2 Å². The van der Waals surface area contributed by atoms with Gasteiger partial charge in [-0.3, -0.25) is 4.90 Å². The van der Waals surface area contributed by atoms with E-state index in [1.54, 1.807) is 11.8 Å². The second-order valence-corrected chi connectivity index (χ2v) is 9.25. The SMILES string of the molecule is CC(c1cc(Cl)ccc1Sc1ccc(Cl)cc1)N1CCN(C)CC1.O=C(O)/C=C\C(=O)O. The summed E-state index contributed by atoms with van der Waals surface area (Å²) in [6.45, 7) is 6.70. The van der Waals surface area contributed by atoms with Crippen LogP contribution in [-0.4, -0.2) is 65.2 Å². The summed E-state index contributed by atoms with van der Waals surface area (Å²) in [7, 11) is 2.18. The van der Waals surface area contributed by atoms with E-state index < -0.39 is 11.9 Å². The van der Waals surface area contributed by atoms with Crippen molar-refractivity contribution in [3.8, 4) is 0 Å². The molecule has 1 unspecified atom stereocenters. The zero-order valence-electron chi connectivity index (χ0n) is 17.9. The number of carboxylic acid groups (broad SMARTS) is 2. The van der Waals surface area contributed by atoms with Crippen LogP contribution in [0.4, 0.5) is 0 Å². The van der Waals surface area contributed by atoms with Gasteiger partial charge in [0, 0.05) is 64.2 Å². The molecule has 2 aromatic rings. The first-order valence-electron chi connectivity index (χ1n) is 9.95. The van der Waals surface area contributed by atoms with Crippen LogP contribution in [-0.2, 0) is 9.59 Å². The highest BCUT2D eigenvalue weighted by atomic mass is 35.5. The van der Waals surface area contributed by atoms with Gasteiger partial charge in [-0.2, -0.15) is 0 Å². The van der Waals surface area contributed by atoms with E-state index in [1.165, 1.54) is 15.4 Å². The summed E-state index contributed by atoms with van der Waals surface area (Å²) in [6, 6.07) is 14.6. The van der Waals surface area contributed by atoms with Crippen molar-refractivity contribution < 1.29 is 19.8 Å². The van der Waals surface area contributed by atoms with Gasteiger partial charge in [0.05, 0.1) is 0 Å². The largest absolute Gasteiger partial charge is 0.478 e. The van der Waals surface area contributed by atoms with E-state index in [2.05, 4.69) is 48.0 Å². The fraction of sp³-hybridized carbons (Fsp3) is 0.304. The molecule has 0 bridgehead atoms. The molecule has 172 valence electrons. The van der Waals surface area contributed by atoms with Gasteiger partial charge in [-0.15, -0.1) is 0 Å². The van der Waals surface area contributed by atoms with Crippen molar-refractivity contribution >= 4 is 46.9 Å². The lowest BCUT2D eigenvalue weighted by Gasteiger charge is -2.37. The highest BCUT2D eigenvalue weighted by Crippen LogP contribution is 2.37. The van der Waals surface area contributed by atoms with E-state index in [0.717, 1.165) is 36.2 Å². The Morgan fingerprint density at radius 1 is 0.938 bits per heavy atom. The number of hydrogen-bond acceptors (Lipinski definition) is 5. The molecule has 0 spiro atoms. The van der Waals surface area contributed by atoms with Crippen molar-refractivity contribution in [2.24, 2.45) is 0 Å². The van der Waals surface area contributed by atoms with Gasteiger partial charge in [0.2, 0.25) is 0 Å². The molecule has 2 aromatic carbocycles. The third-order valence-electron chi connectivity index (χ3n) is 4.92. The van der Waals surface area contributed by atoms with Crippen LogP contribution in [0.2, 0.25) is 10.0 Å². The molecule has 0 aromatic heterocycles. The number of benzene rings is 2. The van der Waals surface area contributed by atoms with Crippen molar-refractivity contribution in [1.29, 1.82) is 0 Å². The minimum Gasteiger partial charge on any atom is -0.478 e. The van der Waals surface area contributed by atoms with Crippen molar-refractivity contribution in [2.75, 3.05) is 33.2 Å². The Bertz CT molecular complexity index is 930. The van der Waals surface area contributed by atoms with Crippen LogP contribution < -0.4 is 0 Å². The molecule has 1 atom stereocenters. The van der Waals surface area contributed by atoms with E-state index in [-0.39, 0.29) is 0 Å². The van der Waals surface area contributed by atoms with E-state index >= 15 is 0 Å². The summed E-state index contributed by atoms with van der Waals surface area (Å²) in [6.07, 6.45) is 1.12. The normalized spacial score (nSPS) is 15.8. The number of rotatable bonds is 6. The summed E-state index contributed by atoms with van der Waals surface area (Å²) in [5.74, 6) is -2.51. The van der Waals surface area contributed by atoms with Gasteiger partial charge in [-0.25, -0.2) is 9.59 Å². The second kappa shape index (κ2) is 12.9. The second-order valence-electron chi connectivity index (χ2n) is 7.26. The Kier molecular flexibility index (Phi) is 10.5. The Balaban J connectivity index is 0.000000390. The van der Waals surface area contributed by atoms with Crippen LogP contribution in [0.15, 0.2) is 64.4 Å². The van der Waals surface area contributed by atoms with Gasteiger partial charge in [0.25, 0.3) is 0 Å². The zero-order valence-corrected chi connectivity index (χ0v) is 20.2. The lowest BCUT2D eigenvalue weighted by Crippen LogP contribution is -2.45. The number of likely N-dealkylation sites (N-methyl/N-ethyl adjacent to an activating group) is 1. The van der Waals surface area contributed by atoms with Gasteiger partial charge in [-0.05, 0) is 62.0 Å². The summed E-state index contributed by atoms with van der Waals surface area (Å²) >= 11 is 14.1. The number of carboxylic acids is 2. The average molecular weight is 497 g/mol. The van der Waals surface area contributed by atoms with Crippen LogP contribution in [0, 0.1) is 0 Å². The van der Waals surface area contributed by atoms with Gasteiger partial charge in [0.15, 0.2) is 0 Å². The van der Waals surface area contributed by atoms with Crippen molar-refractivity contribution in [1.82, 2.24) is 9.80 Å². The molecule has 1 saturated heterocycles. The van der Waals surface area contributed by atoms with Crippen molar-refractivity contribution in [2.45, 2.75) is 22.8 Å². The Labute approximate surface area is 202 Å². The molecular weight excluding hydrogens is 471 g/mol. The maximum atomic E-state index is 9.55. The first kappa shape index (κ1) is 26.2. The van der Waals surface area contributed by atoms with Gasteiger partial charge in [-0.1, -0.05) is 35.0 Å².